The van der Waals surface area contributed by atoms with Gasteiger partial charge in [0.1, 0.15) is 55.4 Å². The van der Waals surface area contributed by atoms with Crippen molar-refractivity contribution >= 4 is 11.9 Å². The minimum Gasteiger partial charge on any atom is -0.462 e. The fourth-order valence-corrected chi connectivity index (χ4v) is 9.69. The number of hydrogen-bond acceptors (Lipinski definition) is 15. The zero-order chi connectivity index (χ0) is 56.7. The van der Waals surface area contributed by atoms with Crippen molar-refractivity contribution in [1.82, 2.24) is 0 Å². The summed E-state index contributed by atoms with van der Waals surface area (Å²) in [6.45, 7) is 2.60. The van der Waals surface area contributed by atoms with Crippen molar-refractivity contribution in [1.29, 1.82) is 0 Å². The van der Waals surface area contributed by atoms with Gasteiger partial charge in [-0.05, 0) is 77.0 Å². The van der Waals surface area contributed by atoms with E-state index in [2.05, 4.69) is 62.5 Å². The van der Waals surface area contributed by atoms with Crippen LogP contribution in [0.3, 0.4) is 0 Å². The number of carbonyl (C=O) groups excluding carboxylic acids is 2. The van der Waals surface area contributed by atoms with E-state index in [4.69, 9.17) is 28.4 Å². The largest absolute Gasteiger partial charge is 0.462 e. The van der Waals surface area contributed by atoms with E-state index in [9.17, 15) is 45.3 Å². The Labute approximate surface area is 471 Å². The second-order valence-electron chi connectivity index (χ2n) is 21.9. The molecule has 78 heavy (non-hydrogen) atoms. The number of aliphatic hydroxyl groups is 7. The molecule has 2 saturated heterocycles. The van der Waals surface area contributed by atoms with E-state index in [0.717, 1.165) is 70.6 Å². The Kier molecular flexibility index (Phi) is 45.1. The first-order chi connectivity index (χ1) is 38.0. The minimum absolute atomic E-state index is 0.159. The van der Waals surface area contributed by atoms with Crippen LogP contribution in [-0.2, 0) is 38.0 Å². The van der Waals surface area contributed by atoms with Crippen LogP contribution in [0, 0.1) is 0 Å². The summed E-state index contributed by atoms with van der Waals surface area (Å²) >= 11 is 0. The van der Waals surface area contributed by atoms with Gasteiger partial charge in [0.15, 0.2) is 18.7 Å². The highest BCUT2D eigenvalue weighted by molar-refractivity contribution is 5.70. The van der Waals surface area contributed by atoms with Gasteiger partial charge >= 0.3 is 11.9 Å². The predicted molar refractivity (Wildman–Crippen MR) is 307 cm³/mol. The normalized spacial score (nSPS) is 24.3. The molecule has 0 bridgehead atoms. The number of esters is 2. The predicted octanol–water partition coefficient (Wildman–Crippen LogP) is 11.4. The molecule has 7 N–H and O–H groups in total. The molecular weight excluding hydrogens is 997 g/mol. The number of aliphatic hydroxyl groups excluding tert-OH is 7. The Hall–Kier alpha value is -2.54. The Morgan fingerprint density at radius 3 is 1.19 bits per heavy atom. The molecule has 15 heteroatoms. The molecule has 2 heterocycles. The molecule has 2 fully saturated rings. The maximum atomic E-state index is 13.1. The first-order valence-electron chi connectivity index (χ1n) is 31.2. The molecule has 0 aromatic heterocycles. The van der Waals surface area contributed by atoms with Crippen LogP contribution in [0.5, 0.6) is 0 Å². The standard InChI is InChI=1S/C63H112O15/c1-3-5-7-9-11-13-15-17-19-21-23-25-27-29-31-33-35-37-39-41-43-45-54(65)73-48-51(49-74-62-61(72)59(70)57(68)53(78-62)50-75-63-60(71)58(69)56(67)52(47-64)77-63)76-55(66)46-44-42-40-38-36-34-32-30-28-26-24-22-20-18-16-14-12-10-8-6-4-2/h15-18,21-24,51-53,56-64,67-72H,3-14,19-20,25-50H2,1-2H3/b17-15-,18-16-,23-21-,24-22-. The van der Waals surface area contributed by atoms with E-state index in [0.29, 0.717) is 12.8 Å². The summed E-state index contributed by atoms with van der Waals surface area (Å²) in [5, 5.41) is 72.4. The van der Waals surface area contributed by atoms with Crippen molar-refractivity contribution in [2.24, 2.45) is 0 Å². The molecule has 0 saturated carbocycles. The van der Waals surface area contributed by atoms with Gasteiger partial charge in [-0.15, -0.1) is 0 Å². The average Bonchev–Trinajstić information content (AvgIpc) is 3.44. The molecular formula is C63H112O15. The first-order valence-corrected chi connectivity index (χ1v) is 31.2. The molecule has 0 spiro atoms. The Bertz CT molecular complexity index is 1540. The molecule has 2 rings (SSSR count). The average molecular weight is 1110 g/mol. The van der Waals surface area contributed by atoms with Crippen molar-refractivity contribution < 1.29 is 73.8 Å². The van der Waals surface area contributed by atoms with Crippen molar-refractivity contribution in [3.8, 4) is 0 Å². The van der Waals surface area contributed by atoms with Gasteiger partial charge in [-0.1, -0.05) is 204 Å². The lowest BCUT2D eigenvalue weighted by molar-refractivity contribution is -0.332. The number of carbonyl (C=O) groups is 2. The highest BCUT2D eigenvalue weighted by Gasteiger charge is 2.47. The van der Waals surface area contributed by atoms with Crippen LogP contribution in [0.4, 0.5) is 0 Å². The Balaban J connectivity index is 1.73. The van der Waals surface area contributed by atoms with Crippen molar-refractivity contribution in [2.75, 3.05) is 26.4 Å². The van der Waals surface area contributed by atoms with E-state index >= 15 is 0 Å². The molecule has 0 aromatic rings. The quantitative estimate of drug-likeness (QED) is 0.0171. The second kappa shape index (κ2) is 49.1. The minimum atomic E-state index is -1.77. The molecule has 454 valence electrons. The SMILES string of the molecule is CCCCCCC/C=C\C/C=C\CCCCCCCCCCCC(=O)OCC(COC1OC(COC2OC(CO)C(O)C(O)C2O)C(O)C(O)C1O)OC(=O)CCCCCCCCCCC/C=C\C/C=C\CCCCCCC. The molecule has 0 aliphatic carbocycles. The first kappa shape index (κ1) is 71.6. The zero-order valence-corrected chi connectivity index (χ0v) is 48.7. The molecule has 11 atom stereocenters. The van der Waals surface area contributed by atoms with Crippen LogP contribution >= 0.6 is 0 Å². The van der Waals surface area contributed by atoms with Gasteiger partial charge in [0.2, 0.25) is 0 Å². The van der Waals surface area contributed by atoms with Crippen LogP contribution in [0.1, 0.15) is 245 Å². The lowest BCUT2D eigenvalue weighted by Crippen LogP contribution is -2.61. The third-order valence-electron chi connectivity index (χ3n) is 14.8. The highest BCUT2D eigenvalue weighted by Crippen LogP contribution is 2.27. The van der Waals surface area contributed by atoms with Gasteiger partial charge in [0.25, 0.3) is 0 Å². The van der Waals surface area contributed by atoms with Gasteiger partial charge < -0.3 is 64.2 Å². The number of rotatable bonds is 50. The fourth-order valence-electron chi connectivity index (χ4n) is 9.69. The van der Waals surface area contributed by atoms with Crippen molar-refractivity contribution in [3.63, 3.8) is 0 Å². The zero-order valence-electron chi connectivity index (χ0n) is 48.7. The maximum Gasteiger partial charge on any atom is 0.306 e. The fraction of sp³-hybridized carbons (Fsp3) is 0.841. The molecule has 2 aliphatic heterocycles. The number of unbranched alkanes of at least 4 members (excludes halogenated alkanes) is 28. The summed E-state index contributed by atoms with van der Waals surface area (Å²) < 4.78 is 33.8. The monoisotopic (exact) mass is 1110 g/mol. The molecule has 0 aromatic carbocycles. The smallest absolute Gasteiger partial charge is 0.306 e. The number of ether oxygens (including phenoxy) is 6. The van der Waals surface area contributed by atoms with E-state index in [-0.39, 0.29) is 26.1 Å². The summed E-state index contributed by atoms with van der Waals surface area (Å²) in [6, 6.07) is 0. The van der Waals surface area contributed by atoms with E-state index < -0.39 is 92.7 Å². The van der Waals surface area contributed by atoms with E-state index in [1.165, 1.54) is 135 Å². The molecule has 2 aliphatic rings. The van der Waals surface area contributed by atoms with E-state index in [1.54, 1.807) is 0 Å². The van der Waals surface area contributed by atoms with Crippen LogP contribution in [0.25, 0.3) is 0 Å². The van der Waals surface area contributed by atoms with E-state index in [1.807, 2.05) is 0 Å². The van der Waals surface area contributed by atoms with Crippen molar-refractivity contribution in [3.05, 3.63) is 48.6 Å². The van der Waals surface area contributed by atoms with Crippen LogP contribution in [-0.4, -0.2) is 142 Å². The second-order valence-corrected chi connectivity index (χ2v) is 21.9. The van der Waals surface area contributed by atoms with Gasteiger partial charge in [0.05, 0.1) is 19.8 Å². The summed E-state index contributed by atoms with van der Waals surface area (Å²) in [4.78, 5) is 26.0. The lowest BCUT2D eigenvalue weighted by Gasteiger charge is -2.42. The summed E-state index contributed by atoms with van der Waals surface area (Å²) in [6.07, 6.45) is 41.2. The molecule has 11 unspecified atom stereocenters. The van der Waals surface area contributed by atoms with Gasteiger partial charge in [0, 0.05) is 12.8 Å². The van der Waals surface area contributed by atoms with Crippen molar-refractivity contribution in [2.45, 2.75) is 313 Å². The molecule has 15 nitrogen and oxygen atoms in total. The Morgan fingerprint density at radius 2 is 0.769 bits per heavy atom. The summed E-state index contributed by atoms with van der Waals surface area (Å²) in [7, 11) is 0. The van der Waals surface area contributed by atoms with Crippen LogP contribution in [0.2, 0.25) is 0 Å². The third kappa shape index (κ3) is 35.3. The molecule has 0 amide bonds. The maximum absolute atomic E-state index is 13.1. The third-order valence-corrected chi connectivity index (χ3v) is 14.8. The Morgan fingerprint density at radius 1 is 0.410 bits per heavy atom. The highest BCUT2D eigenvalue weighted by atomic mass is 16.7. The van der Waals surface area contributed by atoms with Crippen LogP contribution < -0.4 is 0 Å². The van der Waals surface area contributed by atoms with Gasteiger partial charge in [-0.25, -0.2) is 0 Å². The summed E-state index contributed by atoms with van der Waals surface area (Å²) in [5.41, 5.74) is 0. The lowest BCUT2D eigenvalue weighted by atomic mass is 9.98. The topological polar surface area (TPSA) is 231 Å². The summed E-state index contributed by atoms with van der Waals surface area (Å²) in [5.74, 6) is -0.927. The number of hydrogen-bond donors (Lipinski definition) is 7. The van der Waals surface area contributed by atoms with Crippen LogP contribution in [0.15, 0.2) is 48.6 Å². The number of allylic oxidation sites excluding steroid dienone is 8. The molecule has 0 radical (unpaired) electrons. The van der Waals surface area contributed by atoms with Gasteiger partial charge in [-0.2, -0.15) is 0 Å². The van der Waals surface area contributed by atoms with Gasteiger partial charge in [-0.3, -0.25) is 9.59 Å².